The zero-order valence-corrected chi connectivity index (χ0v) is 10.7. The Bertz CT molecular complexity index is 380. The standard InChI is InChI=1S/C13H18OSi/c1-15(2,3)9-5-8-12-6-4-7-13(10-12)11-14/h4,6-7,10,14H,8,11H2,1-3H3. The molecule has 0 fully saturated rings. The molecular weight excluding hydrogens is 200 g/mol. The maximum atomic E-state index is 8.99. The maximum absolute atomic E-state index is 8.99. The van der Waals surface area contributed by atoms with Crippen LogP contribution in [0.3, 0.4) is 0 Å². The number of benzene rings is 1. The third-order valence-corrected chi connectivity index (χ3v) is 2.86. The van der Waals surface area contributed by atoms with Crippen LogP contribution in [0.2, 0.25) is 19.6 Å². The molecule has 1 nitrogen and oxygen atoms in total. The van der Waals surface area contributed by atoms with Gasteiger partial charge in [0.15, 0.2) is 0 Å². The summed E-state index contributed by atoms with van der Waals surface area (Å²) in [5, 5.41) is 8.99. The molecule has 0 amide bonds. The van der Waals surface area contributed by atoms with Crippen molar-refractivity contribution in [2.24, 2.45) is 0 Å². The fraction of sp³-hybridized carbons (Fsp3) is 0.385. The predicted molar refractivity (Wildman–Crippen MR) is 67.2 cm³/mol. The van der Waals surface area contributed by atoms with Gasteiger partial charge < -0.3 is 5.11 Å². The third-order valence-electron chi connectivity index (χ3n) is 1.93. The summed E-state index contributed by atoms with van der Waals surface area (Å²) in [6, 6.07) is 7.96. The lowest BCUT2D eigenvalue weighted by molar-refractivity contribution is 0.282. The van der Waals surface area contributed by atoms with E-state index in [0.717, 1.165) is 12.0 Å². The van der Waals surface area contributed by atoms with Crippen molar-refractivity contribution >= 4 is 8.07 Å². The van der Waals surface area contributed by atoms with Gasteiger partial charge in [0.05, 0.1) is 6.61 Å². The van der Waals surface area contributed by atoms with Crippen LogP contribution < -0.4 is 0 Å². The van der Waals surface area contributed by atoms with Gasteiger partial charge in [0.25, 0.3) is 0 Å². The molecule has 0 aromatic heterocycles. The van der Waals surface area contributed by atoms with E-state index in [1.165, 1.54) is 5.56 Å². The Labute approximate surface area is 93.2 Å². The van der Waals surface area contributed by atoms with E-state index in [-0.39, 0.29) is 6.61 Å². The first-order valence-corrected chi connectivity index (χ1v) is 8.70. The van der Waals surface area contributed by atoms with Crippen LogP contribution in [0.4, 0.5) is 0 Å². The SMILES string of the molecule is C[Si](C)(C)C#CCc1cccc(CO)c1. The summed E-state index contributed by atoms with van der Waals surface area (Å²) in [6.45, 7) is 6.83. The fourth-order valence-corrected chi connectivity index (χ4v) is 1.87. The third kappa shape index (κ3) is 4.82. The molecule has 15 heavy (non-hydrogen) atoms. The lowest BCUT2D eigenvalue weighted by Gasteiger charge is -2.03. The van der Waals surface area contributed by atoms with Crippen molar-refractivity contribution in [1.82, 2.24) is 0 Å². The molecule has 0 radical (unpaired) electrons. The van der Waals surface area contributed by atoms with Crippen LogP contribution in [-0.2, 0) is 13.0 Å². The van der Waals surface area contributed by atoms with Crippen LogP contribution in [0.15, 0.2) is 24.3 Å². The summed E-state index contributed by atoms with van der Waals surface area (Å²) in [4.78, 5) is 0. The highest BCUT2D eigenvalue weighted by molar-refractivity contribution is 6.83. The Hall–Kier alpha value is -1.04. The van der Waals surface area contributed by atoms with E-state index in [0.29, 0.717) is 0 Å². The molecule has 0 unspecified atom stereocenters. The number of rotatable bonds is 2. The highest BCUT2D eigenvalue weighted by Gasteiger charge is 2.06. The van der Waals surface area contributed by atoms with Gasteiger partial charge >= 0.3 is 0 Å². The molecule has 0 saturated heterocycles. The lowest BCUT2D eigenvalue weighted by Crippen LogP contribution is -2.16. The highest BCUT2D eigenvalue weighted by Crippen LogP contribution is 2.05. The molecule has 0 aliphatic heterocycles. The van der Waals surface area contributed by atoms with Crippen molar-refractivity contribution in [3.05, 3.63) is 35.4 Å². The molecule has 0 aliphatic rings. The Morgan fingerprint density at radius 2 is 1.87 bits per heavy atom. The van der Waals surface area contributed by atoms with E-state index >= 15 is 0 Å². The van der Waals surface area contributed by atoms with Crippen LogP contribution in [0.1, 0.15) is 11.1 Å². The smallest absolute Gasteiger partial charge is 0.129 e. The molecule has 80 valence electrons. The summed E-state index contributed by atoms with van der Waals surface area (Å²) in [5.41, 5.74) is 5.48. The van der Waals surface area contributed by atoms with Gasteiger partial charge in [0.2, 0.25) is 0 Å². The molecule has 0 heterocycles. The van der Waals surface area contributed by atoms with Crippen molar-refractivity contribution < 1.29 is 5.11 Å². The second-order valence-corrected chi connectivity index (χ2v) is 9.46. The van der Waals surface area contributed by atoms with Crippen LogP contribution in [0.5, 0.6) is 0 Å². The van der Waals surface area contributed by atoms with Crippen molar-refractivity contribution in [2.75, 3.05) is 0 Å². The predicted octanol–water partition coefficient (Wildman–Crippen LogP) is 2.60. The van der Waals surface area contributed by atoms with Gasteiger partial charge in [0, 0.05) is 6.42 Å². The zero-order valence-electron chi connectivity index (χ0n) is 9.67. The Balaban J connectivity index is 2.68. The number of aliphatic hydroxyl groups excluding tert-OH is 1. The largest absolute Gasteiger partial charge is 0.392 e. The van der Waals surface area contributed by atoms with Gasteiger partial charge in [-0.15, -0.1) is 11.5 Å². The van der Waals surface area contributed by atoms with Gasteiger partial charge in [-0.25, -0.2) is 0 Å². The topological polar surface area (TPSA) is 20.2 Å². The van der Waals surface area contributed by atoms with Crippen molar-refractivity contribution in [3.63, 3.8) is 0 Å². The number of aliphatic hydroxyl groups is 1. The second-order valence-electron chi connectivity index (χ2n) is 4.71. The minimum Gasteiger partial charge on any atom is -0.392 e. The van der Waals surface area contributed by atoms with Crippen molar-refractivity contribution in [1.29, 1.82) is 0 Å². The first-order valence-electron chi connectivity index (χ1n) is 5.20. The Morgan fingerprint density at radius 1 is 1.20 bits per heavy atom. The van der Waals surface area contributed by atoms with E-state index in [1.807, 2.05) is 18.2 Å². The van der Waals surface area contributed by atoms with Crippen LogP contribution in [0.25, 0.3) is 0 Å². The molecule has 0 spiro atoms. The molecule has 1 aromatic carbocycles. The van der Waals surface area contributed by atoms with E-state index in [4.69, 9.17) is 5.11 Å². The minimum atomic E-state index is -1.24. The maximum Gasteiger partial charge on any atom is 0.129 e. The van der Waals surface area contributed by atoms with E-state index in [9.17, 15) is 0 Å². The molecule has 1 N–H and O–H groups in total. The molecule has 0 atom stereocenters. The summed E-state index contributed by atoms with van der Waals surface area (Å²) < 4.78 is 0. The summed E-state index contributed by atoms with van der Waals surface area (Å²) in [6.07, 6.45) is 0.790. The molecule has 0 aliphatic carbocycles. The van der Waals surface area contributed by atoms with Gasteiger partial charge in [-0.1, -0.05) is 43.9 Å². The average Bonchev–Trinajstić information content (AvgIpc) is 2.16. The normalized spacial score (nSPS) is 10.7. The van der Waals surface area contributed by atoms with Crippen molar-refractivity contribution in [3.8, 4) is 11.5 Å². The Morgan fingerprint density at radius 3 is 2.47 bits per heavy atom. The molecule has 0 saturated carbocycles. The zero-order chi connectivity index (χ0) is 11.3. The van der Waals surface area contributed by atoms with Gasteiger partial charge in [0.1, 0.15) is 8.07 Å². The highest BCUT2D eigenvalue weighted by atomic mass is 28.3. The van der Waals surface area contributed by atoms with Gasteiger partial charge in [-0.05, 0) is 11.1 Å². The molecule has 2 heteroatoms. The second kappa shape index (κ2) is 5.15. The summed E-state index contributed by atoms with van der Waals surface area (Å²) in [5.74, 6) is 3.22. The first kappa shape index (κ1) is 12.0. The summed E-state index contributed by atoms with van der Waals surface area (Å²) >= 11 is 0. The van der Waals surface area contributed by atoms with Crippen LogP contribution in [-0.4, -0.2) is 13.2 Å². The molecule has 1 rings (SSSR count). The van der Waals surface area contributed by atoms with Crippen molar-refractivity contribution in [2.45, 2.75) is 32.7 Å². The number of hydrogen-bond donors (Lipinski definition) is 1. The molecular formula is C13H18OSi. The first-order chi connectivity index (χ1) is 7.01. The van der Waals surface area contributed by atoms with Gasteiger partial charge in [-0.3, -0.25) is 0 Å². The number of hydrogen-bond acceptors (Lipinski definition) is 1. The van der Waals surface area contributed by atoms with Gasteiger partial charge in [-0.2, -0.15) is 0 Å². The lowest BCUT2D eigenvalue weighted by atomic mass is 10.1. The minimum absolute atomic E-state index is 0.106. The van der Waals surface area contributed by atoms with E-state index < -0.39 is 8.07 Å². The molecule has 1 aromatic rings. The average molecular weight is 218 g/mol. The molecule has 0 bridgehead atoms. The Kier molecular flexibility index (Phi) is 4.13. The quantitative estimate of drug-likeness (QED) is 0.597. The summed E-state index contributed by atoms with van der Waals surface area (Å²) in [7, 11) is -1.24. The van der Waals surface area contributed by atoms with E-state index in [2.05, 4.69) is 37.2 Å². The van der Waals surface area contributed by atoms with Crippen LogP contribution in [0, 0.1) is 11.5 Å². The fourth-order valence-electron chi connectivity index (χ4n) is 1.25. The monoisotopic (exact) mass is 218 g/mol. The van der Waals surface area contributed by atoms with Crippen LogP contribution >= 0.6 is 0 Å². The van der Waals surface area contributed by atoms with E-state index in [1.54, 1.807) is 0 Å².